The molecule has 6 heteroatoms. The zero-order valence-electron chi connectivity index (χ0n) is 11.3. The van der Waals surface area contributed by atoms with Crippen LogP contribution in [0.25, 0.3) is 11.4 Å². The van der Waals surface area contributed by atoms with Crippen molar-refractivity contribution >= 4 is 12.4 Å². The van der Waals surface area contributed by atoms with Crippen molar-refractivity contribution in [3.05, 3.63) is 30.2 Å². The third-order valence-corrected chi connectivity index (χ3v) is 3.22. The van der Waals surface area contributed by atoms with E-state index in [9.17, 15) is 0 Å². The topological polar surface area (TPSA) is 60.2 Å². The number of benzene rings is 1. The molecule has 1 saturated carbocycles. The minimum Gasteiger partial charge on any atom is -0.496 e. The van der Waals surface area contributed by atoms with Gasteiger partial charge in [0.1, 0.15) is 5.75 Å². The van der Waals surface area contributed by atoms with Gasteiger partial charge in [0.05, 0.1) is 19.2 Å². The fourth-order valence-electron chi connectivity index (χ4n) is 1.97. The molecule has 0 saturated heterocycles. The molecule has 1 aromatic carbocycles. The Morgan fingerprint density at radius 3 is 2.90 bits per heavy atom. The summed E-state index contributed by atoms with van der Waals surface area (Å²) in [7, 11) is 1.64. The number of hydrogen-bond acceptors (Lipinski definition) is 5. The van der Waals surface area contributed by atoms with Crippen LogP contribution in [0.1, 0.15) is 18.7 Å². The number of para-hydroxylation sites is 1. The Kier molecular flexibility index (Phi) is 4.98. The Hall–Kier alpha value is -1.59. The standard InChI is InChI=1S/C14H17N3O2.ClH/c1-18-12-5-3-2-4-11(12)14-16-13(19-17-14)9-15-8-10-6-7-10;/h2-5,10,15H,6-9H2,1H3;1H. The van der Waals surface area contributed by atoms with Gasteiger partial charge in [0.2, 0.25) is 11.7 Å². The summed E-state index contributed by atoms with van der Waals surface area (Å²) in [6.45, 7) is 1.66. The van der Waals surface area contributed by atoms with Crippen molar-refractivity contribution in [1.29, 1.82) is 0 Å². The lowest BCUT2D eigenvalue weighted by Gasteiger charge is -2.03. The first-order chi connectivity index (χ1) is 9.36. The van der Waals surface area contributed by atoms with Crippen molar-refractivity contribution in [2.45, 2.75) is 19.4 Å². The van der Waals surface area contributed by atoms with Crippen LogP contribution in [0.5, 0.6) is 5.75 Å². The summed E-state index contributed by atoms with van der Waals surface area (Å²) < 4.78 is 10.5. The van der Waals surface area contributed by atoms with Gasteiger partial charge < -0.3 is 14.6 Å². The summed E-state index contributed by atoms with van der Waals surface area (Å²) in [5, 5.41) is 7.33. The Balaban J connectivity index is 0.00000147. The minimum atomic E-state index is 0. The predicted octanol–water partition coefficient (Wildman–Crippen LogP) is 2.67. The highest BCUT2D eigenvalue weighted by Gasteiger charge is 2.20. The summed E-state index contributed by atoms with van der Waals surface area (Å²) in [4.78, 5) is 4.39. The van der Waals surface area contributed by atoms with Gasteiger partial charge in [0.25, 0.3) is 0 Å². The predicted molar refractivity (Wildman–Crippen MR) is 78.0 cm³/mol. The molecule has 0 aliphatic heterocycles. The van der Waals surface area contributed by atoms with E-state index in [4.69, 9.17) is 9.26 Å². The molecule has 0 radical (unpaired) electrons. The number of nitrogens with one attached hydrogen (secondary N) is 1. The third kappa shape index (κ3) is 3.49. The molecule has 5 nitrogen and oxygen atoms in total. The summed E-state index contributed by atoms with van der Waals surface area (Å²) >= 11 is 0. The van der Waals surface area contributed by atoms with Crippen LogP contribution in [0.4, 0.5) is 0 Å². The molecule has 0 atom stereocenters. The molecule has 0 bridgehead atoms. The van der Waals surface area contributed by atoms with Gasteiger partial charge in [0.15, 0.2) is 0 Å². The fourth-order valence-corrected chi connectivity index (χ4v) is 1.97. The first kappa shape index (κ1) is 14.8. The highest BCUT2D eigenvalue weighted by Crippen LogP contribution is 2.28. The van der Waals surface area contributed by atoms with Gasteiger partial charge >= 0.3 is 0 Å². The van der Waals surface area contributed by atoms with Crippen LogP contribution >= 0.6 is 12.4 Å². The number of aromatic nitrogens is 2. The molecule has 20 heavy (non-hydrogen) atoms. The van der Waals surface area contributed by atoms with Crippen molar-refractivity contribution < 1.29 is 9.26 Å². The molecule has 108 valence electrons. The van der Waals surface area contributed by atoms with Crippen molar-refractivity contribution in [2.24, 2.45) is 5.92 Å². The van der Waals surface area contributed by atoms with E-state index >= 15 is 0 Å². The maximum Gasteiger partial charge on any atom is 0.240 e. The van der Waals surface area contributed by atoms with Crippen LogP contribution in [-0.4, -0.2) is 23.8 Å². The van der Waals surface area contributed by atoms with Crippen LogP contribution < -0.4 is 10.1 Å². The molecule has 3 rings (SSSR count). The molecular weight excluding hydrogens is 278 g/mol. The quantitative estimate of drug-likeness (QED) is 0.888. The van der Waals surface area contributed by atoms with Crippen molar-refractivity contribution in [3.63, 3.8) is 0 Å². The van der Waals surface area contributed by atoms with Gasteiger partial charge in [-0.2, -0.15) is 4.98 Å². The Bertz CT molecular complexity index is 555. The molecule has 1 aliphatic rings. The van der Waals surface area contributed by atoms with Crippen LogP contribution in [0, 0.1) is 5.92 Å². The van der Waals surface area contributed by atoms with Crippen LogP contribution in [0.3, 0.4) is 0 Å². The van der Waals surface area contributed by atoms with E-state index < -0.39 is 0 Å². The van der Waals surface area contributed by atoms with E-state index in [0.29, 0.717) is 18.3 Å². The van der Waals surface area contributed by atoms with Crippen molar-refractivity contribution in [1.82, 2.24) is 15.5 Å². The van der Waals surface area contributed by atoms with Crippen LogP contribution in [0.15, 0.2) is 28.8 Å². The van der Waals surface area contributed by atoms with Gasteiger partial charge in [-0.15, -0.1) is 12.4 Å². The van der Waals surface area contributed by atoms with Gasteiger partial charge in [-0.05, 0) is 37.4 Å². The normalized spacial score (nSPS) is 13.8. The molecule has 1 aromatic heterocycles. The molecule has 2 aromatic rings. The second-order valence-corrected chi connectivity index (χ2v) is 4.79. The number of ether oxygens (including phenoxy) is 1. The zero-order valence-corrected chi connectivity index (χ0v) is 12.2. The maximum atomic E-state index is 5.29. The van der Waals surface area contributed by atoms with E-state index in [2.05, 4.69) is 15.5 Å². The summed E-state index contributed by atoms with van der Waals surface area (Å²) in [5.41, 5.74) is 0.849. The molecule has 0 unspecified atom stereocenters. The summed E-state index contributed by atoms with van der Waals surface area (Å²) in [5.74, 6) is 2.78. The second-order valence-electron chi connectivity index (χ2n) is 4.79. The van der Waals surface area contributed by atoms with E-state index in [1.54, 1.807) is 7.11 Å². The first-order valence-electron chi connectivity index (χ1n) is 6.53. The maximum absolute atomic E-state index is 5.29. The molecule has 1 aliphatic carbocycles. The number of hydrogen-bond donors (Lipinski definition) is 1. The van der Waals surface area contributed by atoms with E-state index in [-0.39, 0.29) is 12.4 Å². The smallest absolute Gasteiger partial charge is 0.240 e. The van der Waals surface area contributed by atoms with Crippen LogP contribution in [0.2, 0.25) is 0 Å². The monoisotopic (exact) mass is 295 g/mol. The fraction of sp³-hybridized carbons (Fsp3) is 0.429. The lowest BCUT2D eigenvalue weighted by molar-refractivity contribution is 0.366. The number of rotatable bonds is 6. The number of methoxy groups -OCH3 is 1. The largest absolute Gasteiger partial charge is 0.496 e. The second kappa shape index (κ2) is 6.72. The van der Waals surface area contributed by atoms with Crippen molar-refractivity contribution in [3.8, 4) is 17.1 Å². The SMILES string of the molecule is COc1ccccc1-c1noc(CNCC2CC2)n1.Cl. The first-order valence-corrected chi connectivity index (χ1v) is 6.53. The van der Waals surface area contributed by atoms with E-state index in [0.717, 1.165) is 23.8 Å². The molecule has 1 heterocycles. The minimum absolute atomic E-state index is 0. The molecule has 1 fully saturated rings. The van der Waals surface area contributed by atoms with Gasteiger partial charge in [-0.1, -0.05) is 17.3 Å². The summed E-state index contributed by atoms with van der Waals surface area (Å²) in [6.07, 6.45) is 2.67. The Labute approximate surface area is 124 Å². The molecule has 1 N–H and O–H groups in total. The van der Waals surface area contributed by atoms with Gasteiger partial charge in [-0.3, -0.25) is 0 Å². The van der Waals surface area contributed by atoms with Crippen LogP contribution in [-0.2, 0) is 6.54 Å². The van der Waals surface area contributed by atoms with Gasteiger partial charge in [-0.25, -0.2) is 0 Å². The van der Waals surface area contributed by atoms with Gasteiger partial charge in [0, 0.05) is 0 Å². The lowest BCUT2D eigenvalue weighted by Crippen LogP contribution is -2.16. The van der Waals surface area contributed by atoms with E-state index in [1.165, 1.54) is 12.8 Å². The zero-order chi connectivity index (χ0) is 13.1. The summed E-state index contributed by atoms with van der Waals surface area (Å²) in [6, 6.07) is 7.65. The third-order valence-electron chi connectivity index (χ3n) is 3.22. The Morgan fingerprint density at radius 1 is 1.35 bits per heavy atom. The van der Waals surface area contributed by atoms with E-state index in [1.807, 2.05) is 24.3 Å². The lowest BCUT2D eigenvalue weighted by atomic mass is 10.2. The Morgan fingerprint density at radius 2 is 2.15 bits per heavy atom. The number of nitrogens with zero attached hydrogens (tertiary/aromatic N) is 2. The number of halogens is 1. The molecule has 0 spiro atoms. The highest BCUT2D eigenvalue weighted by atomic mass is 35.5. The molecule has 0 amide bonds. The average Bonchev–Trinajstić information content (AvgIpc) is 3.15. The molecular formula is C14H18ClN3O2. The van der Waals surface area contributed by atoms with Crippen molar-refractivity contribution in [2.75, 3.05) is 13.7 Å². The highest BCUT2D eigenvalue weighted by molar-refractivity contribution is 5.85. The average molecular weight is 296 g/mol.